The smallest absolute Gasteiger partial charge is 0.345 e. The molecule has 0 aliphatic rings. The molecule has 0 aliphatic carbocycles. The Balaban J connectivity index is 1.55. The van der Waals surface area contributed by atoms with Gasteiger partial charge < -0.3 is 5.32 Å². The summed E-state index contributed by atoms with van der Waals surface area (Å²) in [6, 6.07) is 13.7. The summed E-state index contributed by atoms with van der Waals surface area (Å²) in [6.45, 7) is 0.0654. The number of carbonyl (C=O) groups excluding carboxylic acids is 1. The summed E-state index contributed by atoms with van der Waals surface area (Å²) in [6.07, 6.45) is 5.01. The van der Waals surface area contributed by atoms with Crippen LogP contribution in [0.2, 0.25) is 0 Å². The Morgan fingerprint density at radius 2 is 2.11 bits per heavy atom. The fourth-order valence-electron chi connectivity index (χ4n) is 2.56. The number of aromatic amines is 1. The zero-order valence-electron chi connectivity index (χ0n) is 14.5. The van der Waals surface area contributed by atoms with Gasteiger partial charge in [-0.3, -0.25) is 14.3 Å². The molecule has 0 radical (unpaired) electrons. The van der Waals surface area contributed by atoms with Gasteiger partial charge in [0.1, 0.15) is 5.69 Å². The van der Waals surface area contributed by atoms with Crippen molar-refractivity contribution in [3.8, 4) is 16.3 Å². The van der Waals surface area contributed by atoms with Crippen LogP contribution in [0.3, 0.4) is 0 Å². The van der Waals surface area contributed by atoms with E-state index in [0.29, 0.717) is 0 Å². The SMILES string of the molecule is O=C(/C=C/c1cn(-c2ccccc2)nc1-c1cccs1)NCc1noc(=O)[nH]1. The van der Waals surface area contributed by atoms with Crippen LogP contribution in [0.1, 0.15) is 11.4 Å². The first-order chi connectivity index (χ1) is 13.7. The molecule has 4 aromatic rings. The molecule has 9 heteroatoms. The lowest BCUT2D eigenvalue weighted by Crippen LogP contribution is -2.21. The molecule has 0 atom stereocenters. The van der Waals surface area contributed by atoms with Crippen molar-refractivity contribution in [1.82, 2.24) is 25.2 Å². The van der Waals surface area contributed by atoms with Gasteiger partial charge in [-0.15, -0.1) is 11.3 Å². The number of carbonyl (C=O) groups is 1. The predicted molar refractivity (Wildman–Crippen MR) is 105 cm³/mol. The monoisotopic (exact) mass is 393 g/mol. The van der Waals surface area contributed by atoms with Crippen LogP contribution in [-0.4, -0.2) is 25.8 Å². The molecule has 4 rings (SSSR count). The number of nitrogens with one attached hydrogen (secondary N) is 2. The number of thiophene rings is 1. The highest BCUT2D eigenvalue weighted by Crippen LogP contribution is 2.28. The number of H-pyrrole nitrogens is 1. The highest BCUT2D eigenvalue weighted by molar-refractivity contribution is 7.13. The van der Waals surface area contributed by atoms with E-state index in [1.807, 2.05) is 54.0 Å². The molecule has 1 amide bonds. The second kappa shape index (κ2) is 7.89. The molecule has 3 aromatic heterocycles. The molecule has 0 saturated carbocycles. The van der Waals surface area contributed by atoms with Gasteiger partial charge in [0.15, 0.2) is 5.82 Å². The maximum atomic E-state index is 12.1. The zero-order chi connectivity index (χ0) is 19.3. The van der Waals surface area contributed by atoms with Gasteiger partial charge in [0, 0.05) is 17.8 Å². The topological polar surface area (TPSA) is 106 Å². The molecule has 0 bridgehead atoms. The molecule has 0 unspecified atom stereocenters. The Bertz CT molecular complexity index is 1160. The van der Waals surface area contributed by atoms with Crippen molar-refractivity contribution in [2.24, 2.45) is 0 Å². The van der Waals surface area contributed by atoms with Crippen LogP contribution in [0, 0.1) is 0 Å². The molecule has 140 valence electrons. The summed E-state index contributed by atoms with van der Waals surface area (Å²) in [5.74, 6) is -0.731. The second-order valence-corrected chi connectivity index (χ2v) is 6.73. The molecular formula is C19H15N5O3S. The van der Waals surface area contributed by atoms with Gasteiger partial charge in [-0.05, 0) is 29.7 Å². The number of aromatic nitrogens is 4. The van der Waals surface area contributed by atoms with Crippen LogP contribution < -0.4 is 11.1 Å². The molecular weight excluding hydrogens is 378 g/mol. The second-order valence-electron chi connectivity index (χ2n) is 5.78. The van der Waals surface area contributed by atoms with Gasteiger partial charge in [0.25, 0.3) is 0 Å². The Kier molecular flexibility index (Phi) is 4.98. The third-order valence-electron chi connectivity index (χ3n) is 3.85. The summed E-state index contributed by atoms with van der Waals surface area (Å²) in [7, 11) is 0. The minimum Gasteiger partial charge on any atom is -0.345 e. The van der Waals surface area contributed by atoms with Crippen LogP contribution in [0.25, 0.3) is 22.3 Å². The highest BCUT2D eigenvalue weighted by atomic mass is 32.1. The van der Waals surface area contributed by atoms with Crippen LogP contribution in [0.5, 0.6) is 0 Å². The number of hydrogen-bond acceptors (Lipinski definition) is 6. The van der Waals surface area contributed by atoms with Crippen molar-refractivity contribution in [2.75, 3.05) is 0 Å². The Labute approximate surface area is 163 Å². The molecule has 0 aliphatic heterocycles. The highest BCUT2D eigenvalue weighted by Gasteiger charge is 2.12. The van der Waals surface area contributed by atoms with Crippen LogP contribution in [0.4, 0.5) is 0 Å². The minimum atomic E-state index is -0.659. The number of hydrogen-bond donors (Lipinski definition) is 2. The first kappa shape index (κ1) is 17.7. The Morgan fingerprint density at radius 1 is 1.25 bits per heavy atom. The van der Waals surface area contributed by atoms with E-state index in [4.69, 9.17) is 0 Å². The summed E-state index contributed by atoms with van der Waals surface area (Å²) in [4.78, 5) is 26.4. The Hall–Kier alpha value is -3.72. The van der Waals surface area contributed by atoms with Crippen molar-refractivity contribution in [3.05, 3.63) is 82.1 Å². The number of para-hydroxylation sites is 1. The first-order valence-electron chi connectivity index (χ1n) is 8.39. The molecule has 0 saturated heterocycles. The van der Waals surface area contributed by atoms with Gasteiger partial charge in [-0.25, -0.2) is 9.48 Å². The zero-order valence-corrected chi connectivity index (χ0v) is 15.3. The van der Waals surface area contributed by atoms with Crippen LogP contribution in [-0.2, 0) is 11.3 Å². The third-order valence-corrected chi connectivity index (χ3v) is 4.72. The van der Waals surface area contributed by atoms with Crippen LogP contribution in [0.15, 0.2) is 69.4 Å². The number of amides is 1. The van der Waals surface area contributed by atoms with Gasteiger partial charge in [0.05, 0.1) is 17.1 Å². The maximum absolute atomic E-state index is 12.1. The minimum absolute atomic E-state index is 0.0654. The van der Waals surface area contributed by atoms with E-state index in [-0.39, 0.29) is 18.3 Å². The van der Waals surface area contributed by atoms with Crippen molar-refractivity contribution >= 4 is 23.3 Å². The standard InChI is InChI=1S/C19H15N5O3S/c25-17(20-11-16-21-19(26)27-23-16)9-8-13-12-24(14-5-2-1-3-6-14)22-18(13)15-7-4-10-28-15/h1-10,12H,11H2,(H,20,25)(H,21,23,26)/b9-8+. The quantitative estimate of drug-likeness (QED) is 0.490. The van der Waals surface area contributed by atoms with E-state index in [0.717, 1.165) is 21.8 Å². The summed E-state index contributed by atoms with van der Waals surface area (Å²) < 4.78 is 6.17. The molecule has 28 heavy (non-hydrogen) atoms. The number of nitrogens with zero attached hydrogens (tertiary/aromatic N) is 3. The van der Waals surface area contributed by atoms with Gasteiger partial charge >= 0.3 is 5.76 Å². The van der Waals surface area contributed by atoms with E-state index < -0.39 is 5.76 Å². The van der Waals surface area contributed by atoms with Crippen molar-refractivity contribution in [3.63, 3.8) is 0 Å². The predicted octanol–water partition coefficient (Wildman–Crippen LogP) is 2.61. The average molecular weight is 393 g/mol. The average Bonchev–Trinajstić information content (AvgIpc) is 3.46. The van der Waals surface area contributed by atoms with Crippen LogP contribution >= 0.6 is 11.3 Å². The van der Waals surface area contributed by atoms with Crippen molar-refractivity contribution in [1.29, 1.82) is 0 Å². The van der Waals surface area contributed by atoms with E-state index in [2.05, 4.69) is 25.1 Å². The Morgan fingerprint density at radius 3 is 2.82 bits per heavy atom. The van der Waals surface area contributed by atoms with Gasteiger partial charge in [-0.1, -0.05) is 29.4 Å². The summed E-state index contributed by atoms with van der Waals surface area (Å²) >= 11 is 1.58. The van der Waals surface area contributed by atoms with E-state index in [9.17, 15) is 9.59 Å². The molecule has 0 fully saturated rings. The molecule has 1 aromatic carbocycles. The largest absolute Gasteiger partial charge is 0.438 e. The number of rotatable bonds is 6. The van der Waals surface area contributed by atoms with E-state index >= 15 is 0 Å². The number of benzene rings is 1. The normalized spacial score (nSPS) is 11.1. The molecule has 0 spiro atoms. The summed E-state index contributed by atoms with van der Waals surface area (Å²) in [5, 5.41) is 12.8. The fourth-order valence-corrected chi connectivity index (χ4v) is 3.29. The van der Waals surface area contributed by atoms with Gasteiger partial charge in [0.2, 0.25) is 5.91 Å². The fraction of sp³-hybridized carbons (Fsp3) is 0.0526. The lowest BCUT2D eigenvalue weighted by Gasteiger charge is -1.99. The molecule has 8 nitrogen and oxygen atoms in total. The van der Waals surface area contributed by atoms with E-state index in [1.54, 1.807) is 22.1 Å². The van der Waals surface area contributed by atoms with Crippen molar-refractivity contribution in [2.45, 2.75) is 6.54 Å². The molecule has 2 N–H and O–H groups in total. The lowest BCUT2D eigenvalue weighted by molar-refractivity contribution is -0.116. The molecule has 3 heterocycles. The van der Waals surface area contributed by atoms with Gasteiger partial charge in [-0.2, -0.15) is 5.10 Å². The first-order valence-corrected chi connectivity index (χ1v) is 9.27. The third kappa shape index (κ3) is 3.99. The van der Waals surface area contributed by atoms with Crippen molar-refractivity contribution < 1.29 is 9.32 Å². The maximum Gasteiger partial charge on any atom is 0.438 e. The van der Waals surface area contributed by atoms with E-state index in [1.165, 1.54) is 6.08 Å². The lowest BCUT2D eigenvalue weighted by atomic mass is 10.2. The summed E-state index contributed by atoms with van der Waals surface area (Å²) in [5.41, 5.74) is 2.54.